The molecule has 0 aliphatic rings. The van der Waals surface area contributed by atoms with Gasteiger partial charge in [-0.3, -0.25) is 0 Å². The van der Waals surface area contributed by atoms with Crippen LogP contribution in [0.15, 0.2) is 37.9 Å². The Balaban J connectivity index is 2.49. The van der Waals surface area contributed by atoms with E-state index in [0.29, 0.717) is 0 Å². The summed E-state index contributed by atoms with van der Waals surface area (Å²) < 4.78 is 3.54. The third kappa shape index (κ3) is 3.12. The Morgan fingerprint density at radius 3 is 2.59 bits per heavy atom. The van der Waals surface area contributed by atoms with Crippen LogP contribution in [-0.4, -0.2) is 7.05 Å². The van der Waals surface area contributed by atoms with Crippen LogP contribution in [0.25, 0.3) is 0 Å². The molecule has 0 aliphatic carbocycles. The van der Waals surface area contributed by atoms with E-state index >= 15 is 0 Å². The quantitative estimate of drug-likeness (QED) is 0.589. The number of rotatable bonds is 3. The predicted molar refractivity (Wildman–Crippen MR) is 89.8 cm³/mol. The van der Waals surface area contributed by atoms with Gasteiger partial charge in [-0.05, 0) is 80.3 Å². The number of halogens is 3. The molecule has 90 valence electrons. The summed E-state index contributed by atoms with van der Waals surface area (Å²) >= 11 is 11.2. The van der Waals surface area contributed by atoms with Gasteiger partial charge in [-0.25, -0.2) is 0 Å². The summed E-state index contributed by atoms with van der Waals surface area (Å²) in [6.07, 6.45) is 0. The first-order valence-corrected chi connectivity index (χ1v) is 8.58. The second-order valence-electron chi connectivity index (χ2n) is 3.56. The van der Waals surface area contributed by atoms with E-state index in [1.807, 2.05) is 7.05 Å². The highest BCUT2D eigenvalue weighted by Gasteiger charge is 2.18. The molecule has 2 aromatic rings. The predicted octanol–water partition coefficient (Wildman–Crippen LogP) is 5.19. The van der Waals surface area contributed by atoms with Crippen molar-refractivity contribution >= 4 is 65.8 Å². The molecular weight excluding hydrogens is 477 g/mol. The molecule has 5 heteroatoms. The minimum atomic E-state index is 0.222. The highest BCUT2D eigenvalue weighted by atomic mass is 127. The number of benzene rings is 1. The molecule has 0 fully saturated rings. The van der Waals surface area contributed by atoms with Gasteiger partial charge in [0.2, 0.25) is 0 Å². The van der Waals surface area contributed by atoms with Crippen LogP contribution in [0.3, 0.4) is 0 Å². The molecule has 1 heterocycles. The summed E-state index contributed by atoms with van der Waals surface area (Å²) in [5.41, 5.74) is 2.58. The fourth-order valence-corrected chi connectivity index (χ4v) is 4.29. The van der Waals surface area contributed by atoms with Crippen molar-refractivity contribution in [2.75, 3.05) is 7.05 Å². The van der Waals surface area contributed by atoms with Crippen molar-refractivity contribution in [3.05, 3.63) is 52.6 Å². The van der Waals surface area contributed by atoms with Gasteiger partial charge in [-0.2, -0.15) is 11.3 Å². The lowest BCUT2D eigenvalue weighted by atomic mass is 10.0. The molecule has 0 bridgehead atoms. The SMILES string of the molecule is CNC(c1cscc1Br)c1cc(Br)ccc1I. The van der Waals surface area contributed by atoms with Crippen LogP contribution in [0.2, 0.25) is 0 Å². The largest absolute Gasteiger partial charge is 0.309 e. The number of hydrogen-bond acceptors (Lipinski definition) is 2. The summed E-state index contributed by atoms with van der Waals surface area (Å²) in [5.74, 6) is 0. The molecule has 0 radical (unpaired) electrons. The minimum Gasteiger partial charge on any atom is -0.309 e. The van der Waals surface area contributed by atoms with Crippen molar-refractivity contribution < 1.29 is 0 Å². The van der Waals surface area contributed by atoms with Gasteiger partial charge in [-0.15, -0.1) is 0 Å². The van der Waals surface area contributed by atoms with Crippen molar-refractivity contribution in [1.82, 2.24) is 5.32 Å². The van der Waals surface area contributed by atoms with Crippen LogP contribution < -0.4 is 5.32 Å². The second-order valence-corrected chi connectivity index (χ2v) is 7.24. The molecule has 0 saturated carbocycles. The molecule has 2 rings (SSSR count). The van der Waals surface area contributed by atoms with Crippen LogP contribution in [0, 0.1) is 3.57 Å². The molecule has 0 amide bonds. The lowest BCUT2D eigenvalue weighted by Gasteiger charge is -2.18. The molecule has 1 atom stereocenters. The Morgan fingerprint density at radius 1 is 1.24 bits per heavy atom. The molecule has 0 saturated heterocycles. The molecule has 0 aliphatic heterocycles. The van der Waals surface area contributed by atoms with Crippen LogP contribution in [0.1, 0.15) is 17.2 Å². The van der Waals surface area contributed by atoms with Crippen molar-refractivity contribution in [1.29, 1.82) is 0 Å². The van der Waals surface area contributed by atoms with Gasteiger partial charge in [0.1, 0.15) is 0 Å². The normalized spacial score (nSPS) is 12.7. The summed E-state index contributed by atoms with van der Waals surface area (Å²) in [6.45, 7) is 0. The minimum absolute atomic E-state index is 0.222. The van der Waals surface area contributed by atoms with Gasteiger partial charge in [0.05, 0.1) is 6.04 Å². The first-order valence-electron chi connectivity index (χ1n) is 4.97. The van der Waals surface area contributed by atoms with E-state index in [2.05, 4.69) is 88.7 Å². The molecule has 0 spiro atoms. The van der Waals surface area contributed by atoms with E-state index in [1.54, 1.807) is 11.3 Å². The first-order chi connectivity index (χ1) is 8.13. The standard InChI is InChI=1S/C12H10Br2INS/c1-16-12(9-5-17-6-10(9)14)8-4-7(13)2-3-11(8)15/h2-6,12,16H,1H3. The second kappa shape index (κ2) is 6.14. The third-order valence-corrected chi connectivity index (χ3v) is 5.74. The van der Waals surface area contributed by atoms with Crippen LogP contribution in [-0.2, 0) is 0 Å². The average molecular weight is 487 g/mol. The highest BCUT2D eigenvalue weighted by molar-refractivity contribution is 14.1. The summed E-state index contributed by atoms with van der Waals surface area (Å²) in [4.78, 5) is 0. The molecule has 1 aromatic carbocycles. The summed E-state index contributed by atoms with van der Waals surface area (Å²) in [6, 6.07) is 6.60. The van der Waals surface area contributed by atoms with Gasteiger partial charge in [0.25, 0.3) is 0 Å². The lowest BCUT2D eigenvalue weighted by molar-refractivity contribution is 0.688. The van der Waals surface area contributed by atoms with Gasteiger partial charge in [-0.1, -0.05) is 15.9 Å². The zero-order valence-corrected chi connectivity index (χ0v) is 15.2. The van der Waals surface area contributed by atoms with Crippen molar-refractivity contribution in [3.8, 4) is 0 Å². The maximum atomic E-state index is 3.60. The number of hydrogen-bond donors (Lipinski definition) is 1. The average Bonchev–Trinajstić information content (AvgIpc) is 2.71. The van der Waals surface area contributed by atoms with E-state index < -0.39 is 0 Å². The Labute approximate surface area is 135 Å². The maximum absolute atomic E-state index is 3.60. The zero-order valence-electron chi connectivity index (χ0n) is 9.01. The van der Waals surface area contributed by atoms with E-state index in [9.17, 15) is 0 Å². The van der Waals surface area contributed by atoms with Crippen molar-refractivity contribution in [3.63, 3.8) is 0 Å². The first kappa shape index (κ1) is 14.0. The Bertz CT molecular complexity index is 527. The number of thiophene rings is 1. The molecule has 17 heavy (non-hydrogen) atoms. The van der Waals surface area contributed by atoms with Crippen LogP contribution >= 0.6 is 65.8 Å². The Hall–Kier alpha value is 0.570. The topological polar surface area (TPSA) is 12.0 Å². The number of nitrogens with one attached hydrogen (secondary N) is 1. The van der Waals surface area contributed by atoms with Gasteiger partial charge in [0, 0.05) is 17.9 Å². The molecular formula is C12H10Br2INS. The maximum Gasteiger partial charge on any atom is 0.0604 e. The smallest absolute Gasteiger partial charge is 0.0604 e. The Morgan fingerprint density at radius 2 is 2.00 bits per heavy atom. The van der Waals surface area contributed by atoms with Crippen molar-refractivity contribution in [2.45, 2.75) is 6.04 Å². The van der Waals surface area contributed by atoms with E-state index in [4.69, 9.17) is 0 Å². The van der Waals surface area contributed by atoms with Gasteiger partial charge in [0.15, 0.2) is 0 Å². The molecule has 1 nitrogen and oxygen atoms in total. The third-order valence-electron chi connectivity index (χ3n) is 2.51. The van der Waals surface area contributed by atoms with Crippen LogP contribution in [0.5, 0.6) is 0 Å². The van der Waals surface area contributed by atoms with Crippen molar-refractivity contribution in [2.24, 2.45) is 0 Å². The fourth-order valence-electron chi connectivity index (χ4n) is 1.71. The summed E-state index contributed by atoms with van der Waals surface area (Å²) in [7, 11) is 1.99. The zero-order chi connectivity index (χ0) is 12.4. The monoisotopic (exact) mass is 485 g/mol. The van der Waals surface area contributed by atoms with Crippen LogP contribution in [0.4, 0.5) is 0 Å². The highest BCUT2D eigenvalue weighted by Crippen LogP contribution is 2.34. The summed E-state index contributed by atoms with van der Waals surface area (Å²) in [5, 5.41) is 7.68. The lowest BCUT2D eigenvalue weighted by Crippen LogP contribution is -2.18. The molecule has 1 aromatic heterocycles. The van der Waals surface area contributed by atoms with Gasteiger partial charge >= 0.3 is 0 Å². The van der Waals surface area contributed by atoms with E-state index in [1.165, 1.54) is 14.7 Å². The Kier molecular flexibility index (Phi) is 5.06. The van der Waals surface area contributed by atoms with E-state index in [-0.39, 0.29) is 6.04 Å². The van der Waals surface area contributed by atoms with E-state index in [0.717, 1.165) is 8.95 Å². The fraction of sp³-hybridized carbons (Fsp3) is 0.167. The molecule has 1 N–H and O–H groups in total. The molecule has 1 unspecified atom stereocenters. The van der Waals surface area contributed by atoms with Gasteiger partial charge < -0.3 is 5.32 Å².